The monoisotopic (exact) mass is 382 g/mol. The SMILES string of the molecule is COC(C)(C)OCC(=O)CCC/C=C\CC1=CC(OC(C)(C)OC)CC1=O. The number of carbonyl (C=O) groups is 2. The lowest BCUT2D eigenvalue weighted by Gasteiger charge is -2.26. The Kier molecular flexibility index (Phi) is 9.53. The molecule has 0 radical (unpaired) electrons. The minimum absolute atomic E-state index is 0.0583. The van der Waals surface area contributed by atoms with E-state index in [1.165, 1.54) is 0 Å². The molecule has 1 atom stereocenters. The summed E-state index contributed by atoms with van der Waals surface area (Å²) in [6, 6.07) is 0. The molecule has 0 aliphatic heterocycles. The maximum Gasteiger partial charge on any atom is 0.163 e. The highest BCUT2D eigenvalue weighted by atomic mass is 16.7. The van der Waals surface area contributed by atoms with Gasteiger partial charge in [-0.3, -0.25) is 9.59 Å². The Morgan fingerprint density at radius 3 is 2.44 bits per heavy atom. The Morgan fingerprint density at radius 2 is 1.81 bits per heavy atom. The quantitative estimate of drug-likeness (QED) is 0.275. The number of methoxy groups -OCH3 is 2. The average molecular weight is 382 g/mol. The molecule has 0 aromatic heterocycles. The maximum atomic E-state index is 12.1. The molecule has 0 N–H and O–H groups in total. The van der Waals surface area contributed by atoms with Gasteiger partial charge in [-0.25, -0.2) is 0 Å². The number of carbonyl (C=O) groups excluding carboxylic acids is 2. The van der Waals surface area contributed by atoms with Gasteiger partial charge in [-0.05, 0) is 58.6 Å². The van der Waals surface area contributed by atoms with E-state index in [9.17, 15) is 9.59 Å². The largest absolute Gasteiger partial charge is 0.354 e. The fourth-order valence-electron chi connectivity index (χ4n) is 2.49. The van der Waals surface area contributed by atoms with Crippen molar-refractivity contribution in [1.82, 2.24) is 0 Å². The molecule has 1 rings (SSSR count). The summed E-state index contributed by atoms with van der Waals surface area (Å²) < 4.78 is 21.5. The molecule has 0 heterocycles. The van der Waals surface area contributed by atoms with Crippen molar-refractivity contribution in [3.63, 3.8) is 0 Å². The van der Waals surface area contributed by atoms with Crippen LogP contribution in [0.3, 0.4) is 0 Å². The highest BCUT2D eigenvalue weighted by Gasteiger charge is 2.29. The number of rotatable bonds is 13. The third kappa shape index (κ3) is 9.42. The van der Waals surface area contributed by atoms with Gasteiger partial charge in [-0.1, -0.05) is 12.2 Å². The average Bonchev–Trinajstić information content (AvgIpc) is 2.94. The van der Waals surface area contributed by atoms with Crippen molar-refractivity contribution in [2.24, 2.45) is 0 Å². The Bertz CT molecular complexity index is 559. The fourth-order valence-corrected chi connectivity index (χ4v) is 2.49. The summed E-state index contributed by atoms with van der Waals surface area (Å²) in [4.78, 5) is 23.8. The van der Waals surface area contributed by atoms with Crippen LogP contribution in [0.25, 0.3) is 0 Å². The van der Waals surface area contributed by atoms with Gasteiger partial charge < -0.3 is 18.9 Å². The summed E-state index contributed by atoms with van der Waals surface area (Å²) in [5.41, 5.74) is 0.773. The molecule has 0 spiro atoms. The summed E-state index contributed by atoms with van der Waals surface area (Å²) in [5, 5.41) is 0. The van der Waals surface area contributed by atoms with Crippen LogP contribution in [0.5, 0.6) is 0 Å². The number of ketones is 2. The molecule has 1 unspecified atom stereocenters. The van der Waals surface area contributed by atoms with Gasteiger partial charge in [0.2, 0.25) is 0 Å². The van der Waals surface area contributed by atoms with Crippen LogP contribution in [0.4, 0.5) is 0 Å². The van der Waals surface area contributed by atoms with Crippen LogP contribution < -0.4 is 0 Å². The van der Waals surface area contributed by atoms with Gasteiger partial charge in [0.15, 0.2) is 23.1 Å². The van der Waals surface area contributed by atoms with E-state index in [0.29, 0.717) is 19.3 Å². The minimum Gasteiger partial charge on any atom is -0.354 e. The van der Waals surface area contributed by atoms with Crippen molar-refractivity contribution in [2.75, 3.05) is 20.8 Å². The summed E-state index contributed by atoms with van der Waals surface area (Å²) in [5.74, 6) is -1.27. The van der Waals surface area contributed by atoms with Crippen molar-refractivity contribution >= 4 is 11.6 Å². The molecule has 0 saturated carbocycles. The van der Waals surface area contributed by atoms with Gasteiger partial charge in [0.25, 0.3) is 0 Å². The molecule has 27 heavy (non-hydrogen) atoms. The summed E-state index contributed by atoms with van der Waals surface area (Å²) in [6.07, 6.45) is 8.60. The van der Waals surface area contributed by atoms with Gasteiger partial charge >= 0.3 is 0 Å². The zero-order valence-corrected chi connectivity index (χ0v) is 17.5. The molecule has 1 aliphatic carbocycles. The van der Waals surface area contributed by atoms with E-state index in [1.807, 2.05) is 32.1 Å². The molecule has 154 valence electrons. The first-order valence-electron chi connectivity index (χ1n) is 9.41. The minimum atomic E-state index is -0.739. The van der Waals surface area contributed by atoms with Crippen molar-refractivity contribution in [1.29, 1.82) is 0 Å². The number of hydrogen-bond donors (Lipinski definition) is 0. The second kappa shape index (κ2) is 10.9. The Labute approximate surface area is 162 Å². The topological polar surface area (TPSA) is 71.1 Å². The first-order chi connectivity index (χ1) is 12.6. The van der Waals surface area contributed by atoms with Crippen LogP contribution in [0.15, 0.2) is 23.8 Å². The summed E-state index contributed by atoms with van der Waals surface area (Å²) in [6.45, 7) is 7.25. The predicted octanol–water partition coefficient (Wildman–Crippen LogP) is 3.74. The zero-order chi connectivity index (χ0) is 20.5. The third-order valence-electron chi connectivity index (χ3n) is 4.46. The standard InChI is InChI=1S/C21H34O6/c1-20(2,24-5)26-15-17(22)12-10-8-7-9-11-16-13-18(14-19(16)23)27-21(3,4)25-6/h7,9,13,18H,8,10-12,14-15H2,1-6H3/b9-7-. The first-order valence-corrected chi connectivity index (χ1v) is 9.41. The van der Waals surface area contributed by atoms with Crippen molar-refractivity contribution < 1.29 is 28.5 Å². The molecular weight excluding hydrogens is 348 g/mol. The first kappa shape index (κ1) is 23.7. The molecular formula is C21H34O6. The van der Waals surface area contributed by atoms with Crippen LogP contribution in [-0.4, -0.2) is 50.1 Å². The Balaban J connectivity index is 2.27. The second-order valence-electron chi connectivity index (χ2n) is 7.58. The number of hydrogen-bond acceptors (Lipinski definition) is 6. The number of unbranched alkanes of at least 4 members (excludes halogenated alkanes) is 1. The van der Waals surface area contributed by atoms with Crippen LogP contribution in [0.1, 0.15) is 59.8 Å². The normalized spacial score (nSPS) is 18.4. The van der Waals surface area contributed by atoms with Gasteiger partial charge in [-0.15, -0.1) is 0 Å². The third-order valence-corrected chi connectivity index (χ3v) is 4.46. The predicted molar refractivity (Wildman–Crippen MR) is 103 cm³/mol. The molecule has 1 aliphatic rings. The van der Waals surface area contributed by atoms with E-state index < -0.39 is 11.6 Å². The molecule has 6 nitrogen and oxygen atoms in total. The van der Waals surface area contributed by atoms with E-state index in [0.717, 1.165) is 18.4 Å². The molecule has 0 amide bonds. The van der Waals surface area contributed by atoms with Crippen LogP contribution in [0, 0.1) is 0 Å². The lowest BCUT2D eigenvalue weighted by atomic mass is 10.1. The lowest BCUT2D eigenvalue weighted by Crippen LogP contribution is -2.31. The van der Waals surface area contributed by atoms with Gasteiger partial charge in [0.05, 0.1) is 6.10 Å². The fraction of sp³-hybridized carbons (Fsp3) is 0.714. The molecule has 6 heteroatoms. The number of Topliss-reactive ketones (excluding diaryl/α,β-unsaturated/α-hetero) is 2. The lowest BCUT2D eigenvalue weighted by molar-refractivity contribution is -0.212. The van der Waals surface area contributed by atoms with E-state index in [2.05, 4.69) is 0 Å². The Hall–Kier alpha value is -1.34. The summed E-state index contributed by atoms with van der Waals surface area (Å²) >= 11 is 0. The maximum absolute atomic E-state index is 12.1. The van der Waals surface area contributed by atoms with Crippen LogP contribution in [0.2, 0.25) is 0 Å². The number of ether oxygens (including phenoxy) is 4. The van der Waals surface area contributed by atoms with Crippen LogP contribution >= 0.6 is 0 Å². The summed E-state index contributed by atoms with van der Waals surface area (Å²) in [7, 11) is 3.13. The van der Waals surface area contributed by atoms with E-state index in [4.69, 9.17) is 18.9 Å². The van der Waals surface area contributed by atoms with Gasteiger partial charge in [0.1, 0.15) is 6.61 Å². The smallest absolute Gasteiger partial charge is 0.163 e. The highest BCUT2D eigenvalue weighted by Crippen LogP contribution is 2.25. The van der Waals surface area contributed by atoms with Crippen molar-refractivity contribution in [3.8, 4) is 0 Å². The van der Waals surface area contributed by atoms with E-state index in [1.54, 1.807) is 28.1 Å². The van der Waals surface area contributed by atoms with E-state index in [-0.39, 0.29) is 24.3 Å². The van der Waals surface area contributed by atoms with Crippen molar-refractivity contribution in [3.05, 3.63) is 23.8 Å². The van der Waals surface area contributed by atoms with Gasteiger partial charge in [-0.2, -0.15) is 0 Å². The zero-order valence-electron chi connectivity index (χ0n) is 17.5. The highest BCUT2D eigenvalue weighted by molar-refractivity contribution is 5.98. The second-order valence-corrected chi connectivity index (χ2v) is 7.58. The number of allylic oxidation sites excluding steroid dienone is 3. The molecule has 0 aromatic rings. The van der Waals surface area contributed by atoms with Gasteiger partial charge in [0, 0.05) is 27.1 Å². The molecule has 0 aromatic carbocycles. The van der Waals surface area contributed by atoms with Crippen molar-refractivity contribution in [2.45, 2.75) is 77.5 Å². The Morgan fingerprint density at radius 1 is 1.15 bits per heavy atom. The molecule has 0 saturated heterocycles. The van der Waals surface area contributed by atoms with Crippen LogP contribution in [-0.2, 0) is 28.5 Å². The van der Waals surface area contributed by atoms with E-state index >= 15 is 0 Å². The molecule has 0 fully saturated rings. The molecule has 0 bridgehead atoms.